The van der Waals surface area contributed by atoms with Crippen LogP contribution in [-0.2, 0) is 6.18 Å². The largest absolute Gasteiger partial charge is 0.416 e. The van der Waals surface area contributed by atoms with Gasteiger partial charge < -0.3 is 15.5 Å². The summed E-state index contributed by atoms with van der Waals surface area (Å²) in [5, 5.41) is 22.0. The van der Waals surface area contributed by atoms with Crippen LogP contribution >= 0.6 is 0 Å². The molecule has 1 aromatic rings. The molecule has 0 aromatic heterocycles. The number of aliphatic hydroxyl groups is 2. The molecule has 106 valence electrons. The SMILES string of the molecule is OC1CC(NCC(O)c2cccc(C(F)(F)F)c2)C1. The van der Waals surface area contributed by atoms with Gasteiger partial charge in [-0.15, -0.1) is 0 Å². The van der Waals surface area contributed by atoms with Gasteiger partial charge in [0.05, 0.1) is 17.8 Å². The lowest BCUT2D eigenvalue weighted by Gasteiger charge is -2.32. The molecule has 0 bridgehead atoms. The maximum atomic E-state index is 12.5. The second-order valence-corrected chi connectivity index (χ2v) is 4.87. The number of halogens is 3. The smallest absolute Gasteiger partial charge is 0.393 e. The van der Waals surface area contributed by atoms with Gasteiger partial charge in [0.2, 0.25) is 0 Å². The van der Waals surface area contributed by atoms with Crippen molar-refractivity contribution in [2.24, 2.45) is 0 Å². The third-order valence-electron chi connectivity index (χ3n) is 3.31. The molecule has 6 heteroatoms. The number of hydrogen-bond donors (Lipinski definition) is 3. The number of benzene rings is 1. The third kappa shape index (κ3) is 3.68. The quantitative estimate of drug-likeness (QED) is 0.786. The summed E-state index contributed by atoms with van der Waals surface area (Å²) in [6, 6.07) is 4.83. The second kappa shape index (κ2) is 5.48. The summed E-state index contributed by atoms with van der Waals surface area (Å²) in [6.45, 7) is 0.179. The van der Waals surface area contributed by atoms with E-state index in [0.29, 0.717) is 12.8 Å². The zero-order valence-corrected chi connectivity index (χ0v) is 10.2. The predicted octanol–water partition coefficient (Wildman–Crippen LogP) is 1.85. The second-order valence-electron chi connectivity index (χ2n) is 4.87. The van der Waals surface area contributed by atoms with Crippen molar-refractivity contribution in [1.29, 1.82) is 0 Å². The summed E-state index contributed by atoms with van der Waals surface area (Å²) < 4.78 is 37.6. The summed E-state index contributed by atoms with van der Waals surface area (Å²) in [7, 11) is 0. The number of hydrogen-bond acceptors (Lipinski definition) is 3. The minimum atomic E-state index is -4.40. The molecule has 3 nitrogen and oxygen atoms in total. The van der Waals surface area contributed by atoms with Crippen LogP contribution < -0.4 is 5.32 Å². The highest BCUT2D eigenvalue weighted by Gasteiger charge is 2.31. The van der Waals surface area contributed by atoms with E-state index in [9.17, 15) is 18.3 Å². The molecule has 1 saturated carbocycles. The summed E-state index contributed by atoms with van der Waals surface area (Å²) in [6.07, 6.45) is -4.45. The molecule has 1 aliphatic rings. The Hall–Kier alpha value is -1.11. The van der Waals surface area contributed by atoms with E-state index < -0.39 is 17.8 Å². The van der Waals surface area contributed by atoms with Gasteiger partial charge in [-0.1, -0.05) is 12.1 Å². The van der Waals surface area contributed by atoms with Crippen LogP contribution in [0, 0.1) is 0 Å². The minimum Gasteiger partial charge on any atom is -0.393 e. The highest BCUT2D eigenvalue weighted by molar-refractivity contribution is 5.27. The number of aliphatic hydroxyl groups excluding tert-OH is 2. The van der Waals surface area contributed by atoms with Gasteiger partial charge in [0.1, 0.15) is 0 Å². The highest BCUT2D eigenvalue weighted by atomic mass is 19.4. The number of nitrogens with one attached hydrogen (secondary N) is 1. The van der Waals surface area contributed by atoms with Crippen molar-refractivity contribution in [1.82, 2.24) is 5.32 Å². The Balaban J connectivity index is 1.93. The van der Waals surface area contributed by atoms with Crippen LogP contribution in [0.2, 0.25) is 0 Å². The van der Waals surface area contributed by atoms with Gasteiger partial charge in [-0.05, 0) is 30.5 Å². The molecule has 2 rings (SSSR count). The lowest BCUT2D eigenvalue weighted by Crippen LogP contribution is -2.45. The van der Waals surface area contributed by atoms with Gasteiger partial charge in [-0.3, -0.25) is 0 Å². The molecule has 1 aromatic carbocycles. The van der Waals surface area contributed by atoms with E-state index in [-0.39, 0.29) is 24.3 Å². The Labute approximate surface area is 109 Å². The van der Waals surface area contributed by atoms with Crippen molar-refractivity contribution in [3.05, 3.63) is 35.4 Å². The van der Waals surface area contributed by atoms with Crippen molar-refractivity contribution in [2.75, 3.05) is 6.54 Å². The normalized spacial score (nSPS) is 24.9. The molecule has 1 atom stereocenters. The average Bonchev–Trinajstić information content (AvgIpc) is 2.32. The summed E-state index contributed by atoms with van der Waals surface area (Å²) in [5.74, 6) is 0. The van der Waals surface area contributed by atoms with E-state index in [0.717, 1.165) is 12.1 Å². The van der Waals surface area contributed by atoms with Gasteiger partial charge in [0.25, 0.3) is 0 Å². The molecule has 0 spiro atoms. The Kier molecular flexibility index (Phi) is 4.13. The van der Waals surface area contributed by atoms with E-state index in [1.54, 1.807) is 0 Å². The fraction of sp³-hybridized carbons (Fsp3) is 0.538. The molecule has 0 amide bonds. The predicted molar refractivity (Wildman–Crippen MR) is 63.4 cm³/mol. The van der Waals surface area contributed by atoms with E-state index in [1.807, 2.05) is 0 Å². The van der Waals surface area contributed by atoms with Gasteiger partial charge in [-0.25, -0.2) is 0 Å². The van der Waals surface area contributed by atoms with Crippen molar-refractivity contribution in [3.8, 4) is 0 Å². The molecule has 0 aliphatic heterocycles. The van der Waals surface area contributed by atoms with Crippen LogP contribution in [0.3, 0.4) is 0 Å². The van der Waals surface area contributed by atoms with Crippen LogP contribution in [0.4, 0.5) is 13.2 Å². The van der Waals surface area contributed by atoms with E-state index in [4.69, 9.17) is 5.11 Å². The topological polar surface area (TPSA) is 52.5 Å². The van der Waals surface area contributed by atoms with Crippen LogP contribution in [0.25, 0.3) is 0 Å². The molecule has 3 N–H and O–H groups in total. The standard InChI is InChI=1S/C13H16F3NO2/c14-13(15,16)9-3-1-2-8(4-9)12(19)7-17-10-5-11(18)6-10/h1-4,10-12,17-19H,5-7H2. The summed E-state index contributed by atoms with van der Waals surface area (Å²) in [5.41, 5.74) is -0.523. The monoisotopic (exact) mass is 275 g/mol. The van der Waals surface area contributed by atoms with E-state index in [2.05, 4.69) is 5.32 Å². The molecule has 1 fully saturated rings. The first-order chi connectivity index (χ1) is 8.86. The van der Waals surface area contributed by atoms with Gasteiger partial charge in [-0.2, -0.15) is 13.2 Å². The maximum absolute atomic E-state index is 12.5. The van der Waals surface area contributed by atoms with Crippen molar-refractivity contribution >= 4 is 0 Å². The molecule has 0 saturated heterocycles. The first-order valence-corrected chi connectivity index (χ1v) is 6.13. The van der Waals surface area contributed by atoms with Crippen molar-refractivity contribution in [3.63, 3.8) is 0 Å². The Morgan fingerprint density at radius 3 is 2.58 bits per heavy atom. The Morgan fingerprint density at radius 2 is 2.00 bits per heavy atom. The van der Waals surface area contributed by atoms with E-state index in [1.165, 1.54) is 12.1 Å². The van der Waals surface area contributed by atoms with E-state index >= 15 is 0 Å². The highest BCUT2D eigenvalue weighted by Crippen LogP contribution is 2.30. The molecular formula is C13H16F3NO2. The van der Waals surface area contributed by atoms with Gasteiger partial charge in [0.15, 0.2) is 0 Å². The fourth-order valence-electron chi connectivity index (χ4n) is 2.07. The first-order valence-electron chi connectivity index (χ1n) is 6.13. The minimum absolute atomic E-state index is 0.135. The van der Waals surface area contributed by atoms with Gasteiger partial charge >= 0.3 is 6.18 Å². The molecule has 0 heterocycles. The van der Waals surface area contributed by atoms with Crippen molar-refractivity contribution in [2.45, 2.75) is 37.3 Å². The maximum Gasteiger partial charge on any atom is 0.416 e. The first kappa shape index (κ1) is 14.3. The number of rotatable bonds is 4. The number of alkyl halides is 3. The third-order valence-corrected chi connectivity index (χ3v) is 3.31. The molecular weight excluding hydrogens is 259 g/mol. The fourth-order valence-corrected chi connectivity index (χ4v) is 2.07. The van der Waals surface area contributed by atoms with Crippen LogP contribution in [0.5, 0.6) is 0 Å². The lowest BCUT2D eigenvalue weighted by atomic mass is 9.89. The molecule has 1 unspecified atom stereocenters. The van der Waals surface area contributed by atoms with Crippen LogP contribution in [0.15, 0.2) is 24.3 Å². The zero-order chi connectivity index (χ0) is 14.0. The summed E-state index contributed by atoms with van der Waals surface area (Å²) in [4.78, 5) is 0. The Bertz CT molecular complexity index is 430. The average molecular weight is 275 g/mol. The lowest BCUT2D eigenvalue weighted by molar-refractivity contribution is -0.137. The van der Waals surface area contributed by atoms with Gasteiger partial charge in [0, 0.05) is 12.6 Å². The molecule has 0 radical (unpaired) electrons. The summed E-state index contributed by atoms with van der Waals surface area (Å²) >= 11 is 0. The molecule has 1 aliphatic carbocycles. The zero-order valence-electron chi connectivity index (χ0n) is 10.2. The van der Waals surface area contributed by atoms with Crippen LogP contribution in [0.1, 0.15) is 30.1 Å². The molecule has 19 heavy (non-hydrogen) atoms. The van der Waals surface area contributed by atoms with Crippen LogP contribution in [-0.4, -0.2) is 28.9 Å². The Morgan fingerprint density at radius 1 is 1.32 bits per heavy atom. The van der Waals surface area contributed by atoms with Crippen molar-refractivity contribution < 1.29 is 23.4 Å².